The number of aryl methyl sites for hydroxylation is 3. The maximum Gasteiger partial charge on any atom is 0.417 e. The van der Waals surface area contributed by atoms with Crippen molar-refractivity contribution in [3.8, 4) is 11.5 Å². The summed E-state index contributed by atoms with van der Waals surface area (Å²) in [6, 6.07) is 0.883. The lowest BCUT2D eigenvalue weighted by molar-refractivity contribution is -0.137. The lowest BCUT2D eigenvalue weighted by Gasteiger charge is -2.08. The van der Waals surface area contributed by atoms with Crippen LogP contribution in [-0.4, -0.2) is 24.7 Å². The summed E-state index contributed by atoms with van der Waals surface area (Å²) in [6.45, 7) is 2.41. The molecule has 9 heteroatoms. The third-order valence-electron chi connectivity index (χ3n) is 3.32. The highest BCUT2D eigenvalue weighted by Crippen LogP contribution is 2.35. The van der Waals surface area contributed by atoms with Crippen LogP contribution in [0.4, 0.5) is 13.2 Å². The summed E-state index contributed by atoms with van der Waals surface area (Å²) in [5.41, 5.74) is -1.08. The van der Waals surface area contributed by atoms with E-state index < -0.39 is 11.7 Å². The van der Waals surface area contributed by atoms with Crippen molar-refractivity contribution in [3.63, 3.8) is 0 Å². The number of aromatic nitrogens is 5. The van der Waals surface area contributed by atoms with Crippen LogP contribution in [0.5, 0.6) is 0 Å². The van der Waals surface area contributed by atoms with E-state index in [1.54, 1.807) is 12.4 Å². The number of rotatable bonds is 4. The third kappa shape index (κ3) is 3.22. The molecule has 0 unspecified atom stereocenters. The predicted octanol–water partition coefficient (Wildman–Crippen LogP) is 2.90. The molecule has 6 nitrogen and oxygen atoms in total. The number of nitrogens with zero attached hydrogens (tertiary/aromatic N) is 5. The molecule has 0 aliphatic rings. The second kappa shape index (κ2) is 5.82. The molecule has 0 saturated heterocycles. The number of imidazole rings is 1. The normalized spacial score (nSPS) is 11.8. The Morgan fingerprint density at radius 3 is 2.78 bits per heavy atom. The van der Waals surface area contributed by atoms with Gasteiger partial charge in [-0.1, -0.05) is 5.16 Å². The Morgan fingerprint density at radius 2 is 2.09 bits per heavy atom. The zero-order valence-electron chi connectivity index (χ0n) is 12.1. The van der Waals surface area contributed by atoms with Crippen LogP contribution in [0.1, 0.15) is 17.2 Å². The molecule has 120 valence electrons. The third-order valence-corrected chi connectivity index (χ3v) is 3.32. The van der Waals surface area contributed by atoms with Crippen LogP contribution in [0, 0.1) is 6.92 Å². The van der Waals surface area contributed by atoms with Gasteiger partial charge in [-0.3, -0.25) is 4.98 Å². The minimum absolute atomic E-state index is 0.192. The van der Waals surface area contributed by atoms with Gasteiger partial charge in [0.15, 0.2) is 5.82 Å². The maximum absolute atomic E-state index is 13.0. The number of hydrogen-bond donors (Lipinski definition) is 0. The monoisotopic (exact) mass is 323 g/mol. The quantitative estimate of drug-likeness (QED) is 0.738. The van der Waals surface area contributed by atoms with E-state index in [9.17, 15) is 13.2 Å². The number of pyridine rings is 1. The van der Waals surface area contributed by atoms with Gasteiger partial charge in [0, 0.05) is 37.8 Å². The smallest absolute Gasteiger partial charge is 0.335 e. The van der Waals surface area contributed by atoms with Crippen LogP contribution in [-0.2, 0) is 19.1 Å². The van der Waals surface area contributed by atoms with Crippen LogP contribution in [0.25, 0.3) is 11.5 Å². The number of halogens is 3. The van der Waals surface area contributed by atoms with Crippen LogP contribution >= 0.6 is 0 Å². The van der Waals surface area contributed by atoms with Gasteiger partial charge in [-0.25, -0.2) is 4.98 Å². The fourth-order valence-corrected chi connectivity index (χ4v) is 2.14. The van der Waals surface area contributed by atoms with Crippen molar-refractivity contribution in [1.82, 2.24) is 24.7 Å². The molecule has 3 heterocycles. The lowest BCUT2D eigenvalue weighted by Crippen LogP contribution is -2.07. The van der Waals surface area contributed by atoms with Crippen molar-refractivity contribution in [2.24, 2.45) is 0 Å². The topological polar surface area (TPSA) is 69.6 Å². The minimum atomic E-state index is -4.51. The molecule has 0 radical (unpaired) electrons. The Morgan fingerprint density at radius 1 is 1.26 bits per heavy atom. The standard InChI is InChI=1S/C14H12F3N5O/c1-9-19-5-7-22(9)6-3-12-20-13(23-21-12)10-8-18-4-2-11(10)14(15,16)17/h2,4-5,7-8H,3,6H2,1H3. The fraction of sp³-hybridized carbons (Fsp3) is 0.286. The van der Waals surface area contributed by atoms with Gasteiger partial charge < -0.3 is 9.09 Å². The lowest BCUT2D eigenvalue weighted by atomic mass is 10.1. The first-order valence-corrected chi connectivity index (χ1v) is 6.77. The van der Waals surface area contributed by atoms with Gasteiger partial charge >= 0.3 is 6.18 Å². The van der Waals surface area contributed by atoms with Crippen molar-refractivity contribution in [2.75, 3.05) is 0 Å². The van der Waals surface area contributed by atoms with E-state index in [0.29, 0.717) is 18.8 Å². The van der Waals surface area contributed by atoms with E-state index in [2.05, 4.69) is 20.1 Å². The van der Waals surface area contributed by atoms with Crippen LogP contribution in [0.3, 0.4) is 0 Å². The molecule has 0 bridgehead atoms. The predicted molar refractivity (Wildman–Crippen MR) is 73.2 cm³/mol. The summed E-state index contributed by atoms with van der Waals surface area (Å²) in [5, 5.41) is 3.73. The molecule has 0 atom stereocenters. The van der Waals surface area contributed by atoms with Crippen molar-refractivity contribution in [3.05, 3.63) is 48.1 Å². The van der Waals surface area contributed by atoms with Gasteiger partial charge in [-0.2, -0.15) is 18.2 Å². The second-order valence-electron chi connectivity index (χ2n) is 4.85. The Hall–Kier alpha value is -2.71. The SMILES string of the molecule is Cc1nccn1CCc1noc(-c2cnccc2C(F)(F)F)n1. The van der Waals surface area contributed by atoms with Crippen molar-refractivity contribution < 1.29 is 17.7 Å². The van der Waals surface area contributed by atoms with E-state index in [1.807, 2.05) is 11.5 Å². The summed E-state index contributed by atoms with van der Waals surface area (Å²) < 4.78 is 45.8. The molecule has 0 spiro atoms. The fourth-order valence-electron chi connectivity index (χ4n) is 2.14. The number of hydrogen-bond acceptors (Lipinski definition) is 5. The average molecular weight is 323 g/mol. The van der Waals surface area contributed by atoms with Gasteiger partial charge in [0.1, 0.15) is 5.82 Å². The molecular weight excluding hydrogens is 311 g/mol. The van der Waals surface area contributed by atoms with Gasteiger partial charge in [-0.15, -0.1) is 0 Å². The van der Waals surface area contributed by atoms with Gasteiger partial charge in [0.2, 0.25) is 0 Å². The van der Waals surface area contributed by atoms with Crippen molar-refractivity contribution in [2.45, 2.75) is 26.1 Å². The largest absolute Gasteiger partial charge is 0.417 e. The number of alkyl halides is 3. The van der Waals surface area contributed by atoms with Crippen LogP contribution in [0.15, 0.2) is 35.4 Å². The molecule has 0 aliphatic heterocycles. The van der Waals surface area contributed by atoms with E-state index in [4.69, 9.17) is 4.52 Å². The molecule has 0 saturated carbocycles. The summed E-state index contributed by atoms with van der Waals surface area (Å²) in [7, 11) is 0. The molecule has 0 aromatic carbocycles. The highest BCUT2D eigenvalue weighted by molar-refractivity contribution is 5.57. The second-order valence-corrected chi connectivity index (χ2v) is 4.85. The Balaban J connectivity index is 1.81. The Bertz CT molecular complexity index is 809. The average Bonchev–Trinajstić information content (AvgIpc) is 3.13. The van der Waals surface area contributed by atoms with Gasteiger partial charge in [0.25, 0.3) is 5.89 Å². The highest BCUT2D eigenvalue weighted by atomic mass is 19.4. The summed E-state index contributed by atoms with van der Waals surface area (Å²) >= 11 is 0. The van der Waals surface area contributed by atoms with E-state index in [0.717, 1.165) is 24.3 Å². The van der Waals surface area contributed by atoms with Crippen LogP contribution < -0.4 is 0 Å². The molecule has 0 amide bonds. The van der Waals surface area contributed by atoms with Gasteiger partial charge in [0.05, 0.1) is 11.1 Å². The summed E-state index contributed by atoms with van der Waals surface area (Å²) in [6.07, 6.45) is 1.52. The first-order chi connectivity index (χ1) is 10.9. The Labute approximate surface area is 129 Å². The molecule has 0 N–H and O–H groups in total. The minimum Gasteiger partial charge on any atom is -0.335 e. The van der Waals surface area contributed by atoms with E-state index in [-0.39, 0.29) is 11.5 Å². The van der Waals surface area contributed by atoms with Gasteiger partial charge in [-0.05, 0) is 13.0 Å². The van der Waals surface area contributed by atoms with Crippen LogP contribution in [0.2, 0.25) is 0 Å². The molecule has 23 heavy (non-hydrogen) atoms. The first kappa shape index (κ1) is 15.2. The molecule has 3 aromatic heterocycles. The van der Waals surface area contributed by atoms with Crippen molar-refractivity contribution >= 4 is 0 Å². The molecule has 3 aromatic rings. The zero-order valence-corrected chi connectivity index (χ0v) is 12.1. The molecular formula is C14H12F3N5O. The molecule has 0 fully saturated rings. The Kier molecular flexibility index (Phi) is 3.85. The molecule has 0 aliphatic carbocycles. The maximum atomic E-state index is 13.0. The highest BCUT2D eigenvalue weighted by Gasteiger charge is 2.35. The molecule has 3 rings (SSSR count). The first-order valence-electron chi connectivity index (χ1n) is 6.77. The van der Waals surface area contributed by atoms with Crippen molar-refractivity contribution in [1.29, 1.82) is 0 Å². The van der Waals surface area contributed by atoms with E-state index in [1.165, 1.54) is 0 Å². The summed E-state index contributed by atoms with van der Waals surface area (Å²) in [4.78, 5) is 11.8. The summed E-state index contributed by atoms with van der Waals surface area (Å²) in [5.74, 6) is 0.966. The zero-order chi connectivity index (χ0) is 16.4. The van der Waals surface area contributed by atoms with E-state index >= 15 is 0 Å².